The van der Waals surface area contributed by atoms with E-state index >= 15 is 0 Å². The van der Waals surface area contributed by atoms with Crippen molar-refractivity contribution >= 4 is 24.4 Å². The lowest BCUT2D eigenvalue weighted by atomic mass is 9.87. The van der Waals surface area contributed by atoms with Crippen molar-refractivity contribution in [2.75, 3.05) is 13.2 Å². The molecule has 3 N–H and O–H groups in total. The van der Waals surface area contributed by atoms with Crippen LogP contribution in [0.15, 0.2) is 18.2 Å². The van der Waals surface area contributed by atoms with Gasteiger partial charge in [0.15, 0.2) is 11.5 Å². The van der Waals surface area contributed by atoms with Crippen LogP contribution in [0.5, 0.6) is 11.5 Å². The molecule has 0 aromatic heterocycles. The lowest BCUT2D eigenvalue weighted by Crippen LogP contribution is -2.38. The summed E-state index contributed by atoms with van der Waals surface area (Å²) in [5.41, 5.74) is 6.36. The SMILES string of the molecule is CCCCCOC(=O)Oc1ccc(C(CC(C)OC(=O)OC(C)C(C)C)[C@H](N)C(=O)O)cc1OC(=O)OCCCCC. The van der Waals surface area contributed by atoms with Gasteiger partial charge in [-0.05, 0) is 56.7 Å². The zero-order valence-corrected chi connectivity index (χ0v) is 25.6. The summed E-state index contributed by atoms with van der Waals surface area (Å²) in [5.74, 6) is -2.45. The van der Waals surface area contributed by atoms with E-state index < -0.39 is 42.5 Å². The van der Waals surface area contributed by atoms with Crippen molar-refractivity contribution in [2.24, 2.45) is 11.7 Å². The number of carboxylic acid groups (broad SMARTS) is 1. The van der Waals surface area contributed by atoms with E-state index in [4.69, 9.17) is 34.2 Å². The van der Waals surface area contributed by atoms with Crippen LogP contribution in [0.4, 0.5) is 14.4 Å². The molecule has 1 rings (SSSR count). The lowest BCUT2D eigenvalue weighted by Gasteiger charge is -2.26. The molecule has 0 radical (unpaired) electrons. The second-order valence-electron chi connectivity index (χ2n) is 10.5. The Labute approximate surface area is 248 Å². The van der Waals surface area contributed by atoms with Crippen LogP contribution in [0.1, 0.15) is 98.0 Å². The molecule has 238 valence electrons. The third-order valence-electron chi connectivity index (χ3n) is 6.54. The number of carbonyl (C=O) groups excluding carboxylic acids is 3. The number of aliphatic carboxylic acids is 1. The first-order valence-corrected chi connectivity index (χ1v) is 14.6. The highest BCUT2D eigenvalue weighted by molar-refractivity contribution is 5.75. The highest BCUT2D eigenvalue weighted by Gasteiger charge is 2.31. The third-order valence-corrected chi connectivity index (χ3v) is 6.54. The predicted molar refractivity (Wildman–Crippen MR) is 154 cm³/mol. The Morgan fingerprint density at radius 2 is 1.33 bits per heavy atom. The number of nitrogens with two attached hydrogens (primary N) is 1. The number of hydrogen-bond acceptors (Lipinski definition) is 11. The molecule has 0 saturated heterocycles. The van der Waals surface area contributed by atoms with Crippen molar-refractivity contribution in [1.29, 1.82) is 0 Å². The third kappa shape index (κ3) is 13.9. The summed E-state index contributed by atoms with van der Waals surface area (Å²) in [7, 11) is 0. The van der Waals surface area contributed by atoms with E-state index in [-0.39, 0.29) is 43.2 Å². The Balaban J connectivity index is 3.21. The number of carboxylic acids is 1. The van der Waals surface area contributed by atoms with Gasteiger partial charge in [0.1, 0.15) is 18.2 Å². The first-order chi connectivity index (χ1) is 19.9. The Bertz CT molecular complexity index is 997. The minimum atomic E-state index is -1.41. The van der Waals surface area contributed by atoms with Crippen LogP contribution < -0.4 is 15.2 Å². The summed E-state index contributed by atoms with van der Waals surface area (Å²) in [6.07, 6.45) is 0.853. The molecule has 0 amide bonds. The average molecular weight is 598 g/mol. The molecule has 0 aliphatic rings. The van der Waals surface area contributed by atoms with Gasteiger partial charge < -0.3 is 39.3 Å². The fourth-order valence-corrected chi connectivity index (χ4v) is 3.72. The standard InChI is InChI=1S/C30H47NO11/c1-7-9-11-15-37-28(34)41-24-14-13-22(18-25(24)42-29(35)38-16-12-10-8-2)23(26(31)27(32)33)17-20(5)39-30(36)40-21(6)19(3)4/h13-14,18-21,23,26H,7-12,15-17,31H2,1-6H3,(H,32,33)/t20?,21?,23?,26-/m0/s1. The Hall–Kier alpha value is -3.54. The second kappa shape index (κ2) is 19.6. The largest absolute Gasteiger partial charge is 0.513 e. The molecule has 0 heterocycles. The summed E-state index contributed by atoms with van der Waals surface area (Å²) in [6, 6.07) is 2.75. The van der Waals surface area contributed by atoms with E-state index in [1.165, 1.54) is 18.2 Å². The topological polar surface area (TPSA) is 170 Å². The normalized spacial score (nSPS) is 13.8. The van der Waals surface area contributed by atoms with Gasteiger partial charge in [0.25, 0.3) is 0 Å². The highest BCUT2D eigenvalue weighted by atomic mass is 16.7. The van der Waals surface area contributed by atoms with E-state index in [0.29, 0.717) is 18.4 Å². The van der Waals surface area contributed by atoms with Crippen molar-refractivity contribution in [3.05, 3.63) is 23.8 Å². The molecule has 42 heavy (non-hydrogen) atoms. The first-order valence-electron chi connectivity index (χ1n) is 14.6. The van der Waals surface area contributed by atoms with Crippen LogP contribution in [0.25, 0.3) is 0 Å². The maximum atomic E-state index is 12.4. The van der Waals surface area contributed by atoms with Gasteiger partial charge in [-0.2, -0.15) is 0 Å². The monoisotopic (exact) mass is 597 g/mol. The highest BCUT2D eigenvalue weighted by Crippen LogP contribution is 2.35. The Morgan fingerprint density at radius 1 is 0.786 bits per heavy atom. The van der Waals surface area contributed by atoms with Crippen LogP contribution in [0.3, 0.4) is 0 Å². The van der Waals surface area contributed by atoms with Gasteiger partial charge in [-0.15, -0.1) is 0 Å². The molecule has 0 aliphatic carbocycles. The maximum Gasteiger partial charge on any atom is 0.513 e. The van der Waals surface area contributed by atoms with Gasteiger partial charge in [-0.25, -0.2) is 14.4 Å². The van der Waals surface area contributed by atoms with Crippen molar-refractivity contribution < 1.29 is 52.7 Å². The van der Waals surface area contributed by atoms with E-state index in [0.717, 1.165) is 25.7 Å². The van der Waals surface area contributed by atoms with Crippen LogP contribution in [-0.2, 0) is 23.7 Å². The van der Waals surface area contributed by atoms with Gasteiger partial charge in [-0.3, -0.25) is 4.79 Å². The maximum absolute atomic E-state index is 12.4. The molecule has 1 aromatic rings. The summed E-state index contributed by atoms with van der Waals surface area (Å²) >= 11 is 0. The Morgan fingerprint density at radius 3 is 1.83 bits per heavy atom. The molecule has 0 aliphatic heterocycles. The average Bonchev–Trinajstić information content (AvgIpc) is 2.92. The number of ether oxygens (including phenoxy) is 6. The van der Waals surface area contributed by atoms with Crippen LogP contribution in [0, 0.1) is 5.92 Å². The number of hydrogen-bond donors (Lipinski definition) is 2. The van der Waals surface area contributed by atoms with Gasteiger partial charge in [-0.1, -0.05) is 59.4 Å². The summed E-state index contributed by atoms with van der Waals surface area (Å²) in [6.45, 7) is 11.4. The Kier molecular flexibility index (Phi) is 17.0. The van der Waals surface area contributed by atoms with Crippen molar-refractivity contribution in [3.63, 3.8) is 0 Å². The first kappa shape index (κ1) is 36.5. The zero-order valence-electron chi connectivity index (χ0n) is 25.6. The smallest absolute Gasteiger partial charge is 0.480 e. The van der Waals surface area contributed by atoms with Gasteiger partial charge in [0.2, 0.25) is 0 Å². The van der Waals surface area contributed by atoms with E-state index in [1.54, 1.807) is 13.8 Å². The summed E-state index contributed by atoms with van der Waals surface area (Å²) in [4.78, 5) is 48.8. The molecular weight excluding hydrogens is 550 g/mol. The van der Waals surface area contributed by atoms with Crippen LogP contribution >= 0.6 is 0 Å². The van der Waals surface area contributed by atoms with Crippen LogP contribution in [0.2, 0.25) is 0 Å². The molecule has 1 aromatic carbocycles. The van der Waals surface area contributed by atoms with E-state index in [9.17, 15) is 24.3 Å². The molecule has 4 atom stereocenters. The zero-order chi connectivity index (χ0) is 31.7. The van der Waals surface area contributed by atoms with Gasteiger partial charge in [0.05, 0.1) is 13.2 Å². The molecule has 0 spiro atoms. The fraction of sp³-hybridized carbons (Fsp3) is 0.667. The molecule has 3 unspecified atom stereocenters. The second-order valence-corrected chi connectivity index (χ2v) is 10.5. The quantitative estimate of drug-likeness (QED) is 0.0808. The molecule has 12 nitrogen and oxygen atoms in total. The van der Waals surface area contributed by atoms with E-state index in [2.05, 4.69) is 0 Å². The predicted octanol–water partition coefficient (Wildman–Crippen LogP) is 6.57. The molecular formula is C30H47NO11. The molecule has 0 saturated carbocycles. The minimum Gasteiger partial charge on any atom is -0.480 e. The van der Waals surface area contributed by atoms with E-state index in [1.807, 2.05) is 27.7 Å². The fourth-order valence-electron chi connectivity index (χ4n) is 3.72. The molecule has 12 heteroatoms. The number of rotatable bonds is 18. The van der Waals surface area contributed by atoms with Gasteiger partial charge >= 0.3 is 24.4 Å². The molecule has 0 fully saturated rings. The summed E-state index contributed by atoms with van der Waals surface area (Å²) in [5, 5.41) is 9.69. The number of unbranched alkanes of at least 4 members (excludes halogenated alkanes) is 4. The number of carbonyl (C=O) groups is 4. The van der Waals surface area contributed by atoms with Crippen molar-refractivity contribution in [1.82, 2.24) is 0 Å². The lowest BCUT2D eigenvalue weighted by molar-refractivity contribution is -0.139. The van der Waals surface area contributed by atoms with Gasteiger partial charge in [0, 0.05) is 5.92 Å². The number of benzene rings is 1. The van der Waals surface area contributed by atoms with Crippen molar-refractivity contribution in [2.45, 2.75) is 111 Å². The molecule has 0 bridgehead atoms. The summed E-state index contributed by atoms with van der Waals surface area (Å²) < 4.78 is 31.4. The van der Waals surface area contributed by atoms with Crippen LogP contribution in [-0.4, -0.2) is 61.0 Å². The van der Waals surface area contributed by atoms with Crippen molar-refractivity contribution in [3.8, 4) is 11.5 Å². The minimum absolute atomic E-state index is 0.000789.